The summed E-state index contributed by atoms with van der Waals surface area (Å²) in [7, 11) is 0. The van der Waals surface area contributed by atoms with Gasteiger partial charge in [-0.05, 0) is 128 Å². The number of hydrogen-bond donors (Lipinski definition) is 0. The molecule has 0 saturated carbocycles. The predicted molar refractivity (Wildman–Crippen MR) is 316 cm³/mol. The van der Waals surface area contributed by atoms with Crippen molar-refractivity contribution in [3.8, 4) is 0 Å². The fourth-order valence-electron chi connectivity index (χ4n) is 7.98. The van der Waals surface area contributed by atoms with Crippen LogP contribution in [0.25, 0.3) is 0 Å². The molecule has 0 bridgehead atoms. The molecule has 0 aliphatic carbocycles. The van der Waals surface area contributed by atoms with Crippen molar-refractivity contribution in [1.82, 2.24) is 0 Å². The van der Waals surface area contributed by atoms with Crippen LogP contribution in [0.3, 0.4) is 0 Å². The highest BCUT2D eigenvalue weighted by Gasteiger charge is 2.19. The van der Waals surface area contributed by atoms with Gasteiger partial charge in [-0.15, -0.1) is 0 Å². The highest BCUT2D eigenvalue weighted by atomic mass is 16.6. The normalized spacial score (nSPS) is 13.0. The molecule has 0 aromatic rings. The summed E-state index contributed by atoms with van der Waals surface area (Å²) in [5.74, 6) is -0.941. The summed E-state index contributed by atoms with van der Waals surface area (Å²) in [6, 6.07) is 0. The highest BCUT2D eigenvalue weighted by molar-refractivity contribution is 5.71. The zero-order valence-corrected chi connectivity index (χ0v) is 47.4. The molecule has 6 heteroatoms. The van der Waals surface area contributed by atoms with Gasteiger partial charge >= 0.3 is 17.9 Å². The maximum atomic E-state index is 12.9. The van der Waals surface area contributed by atoms with Crippen LogP contribution in [-0.2, 0) is 28.6 Å². The lowest BCUT2D eigenvalue weighted by Crippen LogP contribution is -2.30. The number of ether oxygens (including phenoxy) is 3. The van der Waals surface area contributed by atoms with E-state index in [1.807, 2.05) is 0 Å². The van der Waals surface area contributed by atoms with Crippen LogP contribution in [0, 0.1) is 0 Å². The van der Waals surface area contributed by atoms with Gasteiger partial charge in [-0.1, -0.05) is 239 Å². The first kappa shape index (κ1) is 68.8. The van der Waals surface area contributed by atoms with E-state index in [1.54, 1.807) is 0 Å². The second-order valence-corrected chi connectivity index (χ2v) is 19.5. The molecular weight excluding hydrogens is 901 g/mol. The molecule has 1 unspecified atom stereocenters. The predicted octanol–water partition coefficient (Wildman–Crippen LogP) is 20.4. The molecule has 0 heterocycles. The quantitative estimate of drug-likeness (QED) is 0.0261. The third kappa shape index (κ3) is 58.6. The number of esters is 3. The topological polar surface area (TPSA) is 78.9 Å². The van der Waals surface area contributed by atoms with Crippen molar-refractivity contribution in [3.05, 3.63) is 122 Å². The summed E-state index contributed by atoms with van der Waals surface area (Å²) < 4.78 is 16.9. The molecule has 6 nitrogen and oxygen atoms in total. The van der Waals surface area contributed by atoms with E-state index in [4.69, 9.17) is 14.2 Å². The van der Waals surface area contributed by atoms with Crippen LogP contribution in [0.5, 0.6) is 0 Å². The number of hydrogen-bond acceptors (Lipinski definition) is 6. The summed E-state index contributed by atoms with van der Waals surface area (Å²) in [5, 5.41) is 0. The molecule has 0 rings (SSSR count). The zero-order chi connectivity index (χ0) is 52.9. The smallest absolute Gasteiger partial charge is 0.306 e. The number of unbranched alkanes of at least 4 members (excludes halogenated alkanes) is 22. The Labute approximate surface area is 450 Å². The molecule has 73 heavy (non-hydrogen) atoms. The van der Waals surface area contributed by atoms with Gasteiger partial charge in [0.05, 0.1) is 0 Å². The van der Waals surface area contributed by atoms with Gasteiger partial charge in [-0.3, -0.25) is 14.4 Å². The van der Waals surface area contributed by atoms with Crippen LogP contribution < -0.4 is 0 Å². The van der Waals surface area contributed by atoms with Crippen LogP contribution in [-0.4, -0.2) is 37.2 Å². The Morgan fingerprint density at radius 2 is 0.534 bits per heavy atom. The van der Waals surface area contributed by atoms with Crippen LogP contribution in [0.1, 0.15) is 265 Å². The minimum absolute atomic E-state index is 0.0994. The van der Waals surface area contributed by atoms with E-state index < -0.39 is 6.10 Å². The number of carbonyl (C=O) groups excluding carboxylic acids is 3. The third-order valence-corrected chi connectivity index (χ3v) is 12.4. The van der Waals surface area contributed by atoms with Gasteiger partial charge < -0.3 is 14.2 Å². The molecule has 0 radical (unpaired) electrons. The van der Waals surface area contributed by atoms with Crippen molar-refractivity contribution in [1.29, 1.82) is 0 Å². The van der Waals surface area contributed by atoms with Gasteiger partial charge in [0.15, 0.2) is 6.10 Å². The van der Waals surface area contributed by atoms with E-state index >= 15 is 0 Å². The molecule has 0 aromatic carbocycles. The van der Waals surface area contributed by atoms with Gasteiger partial charge in [0.1, 0.15) is 13.2 Å². The Kier molecular flexibility index (Phi) is 56.9. The molecule has 0 N–H and O–H groups in total. The van der Waals surface area contributed by atoms with Gasteiger partial charge in [0.2, 0.25) is 0 Å². The van der Waals surface area contributed by atoms with E-state index in [0.29, 0.717) is 19.3 Å². The van der Waals surface area contributed by atoms with E-state index in [9.17, 15) is 14.4 Å². The molecule has 414 valence electrons. The molecular formula is C67H110O6. The first-order chi connectivity index (χ1) is 36.0. The zero-order valence-electron chi connectivity index (χ0n) is 47.4. The minimum atomic E-state index is -0.804. The molecule has 0 fully saturated rings. The molecule has 0 aliphatic heterocycles. The lowest BCUT2D eigenvalue weighted by atomic mass is 10.1. The summed E-state index contributed by atoms with van der Waals surface area (Å²) >= 11 is 0. The van der Waals surface area contributed by atoms with Crippen molar-refractivity contribution in [2.24, 2.45) is 0 Å². The molecule has 0 aromatic heterocycles. The van der Waals surface area contributed by atoms with Crippen molar-refractivity contribution in [2.45, 2.75) is 271 Å². The summed E-state index contributed by atoms with van der Waals surface area (Å²) in [6.07, 6.45) is 83.3. The largest absolute Gasteiger partial charge is 0.462 e. The maximum absolute atomic E-state index is 12.9. The third-order valence-electron chi connectivity index (χ3n) is 12.4. The van der Waals surface area contributed by atoms with Crippen molar-refractivity contribution < 1.29 is 28.6 Å². The molecule has 0 spiro atoms. The lowest BCUT2D eigenvalue weighted by molar-refractivity contribution is -0.167. The average molecular weight is 1010 g/mol. The summed E-state index contributed by atoms with van der Waals surface area (Å²) in [6.45, 7) is 6.37. The number of rotatable bonds is 53. The van der Waals surface area contributed by atoms with E-state index in [-0.39, 0.29) is 31.1 Å². The number of allylic oxidation sites excluding steroid dienone is 20. The maximum Gasteiger partial charge on any atom is 0.306 e. The molecule has 0 amide bonds. The summed E-state index contributed by atoms with van der Waals surface area (Å²) in [5.41, 5.74) is 0. The van der Waals surface area contributed by atoms with E-state index in [1.165, 1.54) is 64.2 Å². The fraction of sp³-hybridized carbons (Fsp3) is 0.657. The second kappa shape index (κ2) is 60.4. The van der Waals surface area contributed by atoms with Gasteiger partial charge in [0.25, 0.3) is 0 Å². The fourth-order valence-corrected chi connectivity index (χ4v) is 7.98. The molecule has 0 aliphatic rings. The highest BCUT2D eigenvalue weighted by Crippen LogP contribution is 2.14. The Balaban J connectivity index is 4.47. The first-order valence-corrected chi connectivity index (χ1v) is 30.0. The van der Waals surface area contributed by atoms with Crippen LogP contribution in [0.4, 0.5) is 0 Å². The molecule has 0 saturated heterocycles. The Hall–Kier alpha value is -4.19. The lowest BCUT2D eigenvalue weighted by Gasteiger charge is -2.18. The van der Waals surface area contributed by atoms with Gasteiger partial charge in [-0.2, -0.15) is 0 Å². The van der Waals surface area contributed by atoms with Crippen molar-refractivity contribution in [3.63, 3.8) is 0 Å². The van der Waals surface area contributed by atoms with Gasteiger partial charge in [-0.25, -0.2) is 0 Å². The Morgan fingerprint density at radius 3 is 0.836 bits per heavy atom. The van der Waals surface area contributed by atoms with Crippen LogP contribution in [0.15, 0.2) is 122 Å². The SMILES string of the molecule is CC/C=C\C/C=C\C/C=C\C/C=C\CCCCCCCCC(=O)OC(COC(=O)CCCCCCC/C=C\C/C=C\C/C=C\CC)COC(=O)CCCCCCCC/C=C\C/C=C\C/C=C\CCCCCCC. The van der Waals surface area contributed by atoms with E-state index in [0.717, 1.165) is 161 Å². The Bertz CT molecular complexity index is 1540. The Morgan fingerprint density at radius 1 is 0.288 bits per heavy atom. The number of carbonyl (C=O) groups is 3. The second-order valence-electron chi connectivity index (χ2n) is 19.5. The standard InChI is InChI=1S/C67H110O6/c1-4-7-10-13-16-19-22-25-28-30-32-33-35-36-39-42-45-48-51-54-57-60-66(69)72-63-64(62-71-65(68)59-56-53-50-47-44-41-38-27-24-21-18-15-12-9-6-3)73-67(70)61-58-55-52-49-46-43-40-37-34-31-29-26-23-20-17-14-11-8-5-2/h8-9,11-12,17-18,20-22,25-27,29-30,32,34-38,64H,4-7,10,13-16,19,23-24,28,31,33,39-63H2,1-3H3/b11-8-,12-9-,20-17-,21-18-,25-22-,29-26-,32-30-,36-35-,37-34-,38-27-. The van der Waals surface area contributed by atoms with Crippen molar-refractivity contribution >= 4 is 17.9 Å². The summed E-state index contributed by atoms with van der Waals surface area (Å²) in [4.78, 5) is 38.3. The van der Waals surface area contributed by atoms with E-state index in [2.05, 4.69) is 142 Å². The van der Waals surface area contributed by atoms with Crippen LogP contribution in [0.2, 0.25) is 0 Å². The molecule has 1 atom stereocenters. The van der Waals surface area contributed by atoms with Crippen LogP contribution >= 0.6 is 0 Å². The van der Waals surface area contributed by atoms with Crippen molar-refractivity contribution in [2.75, 3.05) is 13.2 Å². The monoisotopic (exact) mass is 1010 g/mol. The minimum Gasteiger partial charge on any atom is -0.462 e. The first-order valence-electron chi connectivity index (χ1n) is 30.0. The average Bonchev–Trinajstić information content (AvgIpc) is 3.39. The van der Waals surface area contributed by atoms with Gasteiger partial charge in [0, 0.05) is 19.3 Å².